The third kappa shape index (κ3) is 3.31. The van der Waals surface area contributed by atoms with E-state index in [4.69, 9.17) is 0 Å². The number of benzene rings is 1. The molecule has 2 rings (SSSR count). The van der Waals surface area contributed by atoms with E-state index in [0.29, 0.717) is 23.8 Å². The Labute approximate surface area is 115 Å². The summed E-state index contributed by atoms with van der Waals surface area (Å²) in [4.78, 5) is 24.4. The summed E-state index contributed by atoms with van der Waals surface area (Å²) < 4.78 is 0. The van der Waals surface area contributed by atoms with Crippen molar-refractivity contribution in [2.24, 2.45) is 11.8 Å². The zero-order valence-corrected chi connectivity index (χ0v) is 11.8. The van der Waals surface area contributed by atoms with Crippen molar-refractivity contribution in [2.45, 2.75) is 46.0 Å². The molecule has 1 aromatic rings. The summed E-state index contributed by atoms with van der Waals surface area (Å²) >= 11 is 0. The summed E-state index contributed by atoms with van der Waals surface area (Å²) in [6, 6.07) is 7.33. The van der Waals surface area contributed by atoms with E-state index < -0.39 is 0 Å². The largest absolute Gasteiger partial charge is 0.290 e. The third-order valence-electron chi connectivity index (χ3n) is 4.38. The lowest BCUT2D eigenvalue weighted by molar-refractivity contribution is -0.116. The molecule has 1 aromatic carbocycles. The molecule has 0 heterocycles. The van der Waals surface area contributed by atoms with E-state index in [1.807, 2.05) is 25.1 Å². The van der Waals surface area contributed by atoms with E-state index >= 15 is 0 Å². The van der Waals surface area contributed by atoms with Crippen LogP contribution in [0.2, 0.25) is 0 Å². The summed E-state index contributed by atoms with van der Waals surface area (Å²) in [6.07, 6.45) is 5.16. The average molecular weight is 258 g/mol. The Bertz CT molecular complexity index is 476. The second-order valence-corrected chi connectivity index (χ2v) is 5.79. The molecule has 0 saturated heterocycles. The summed E-state index contributed by atoms with van der Waals surface area (Å²) in [6.45, 7) is 4.08. The Balaban J connectivity index is 2.04. The van der Waals surface area contributed by atoms with E-state index in [9.17, 15) is 9.59 Å². The fourth-order valence-corrected chi connectivity index (χ4v) is 3.01. The van der Waals surface area contributed by atoms with Crippen LogP contribution in [0, 0.1) is 18.8 Å². The second kappa shape index (κ2) is 6.14. The minimum atomic E-state index is -0.309. The monoisotopic (exact) mass is 258 g/mol. The fourth-order valence-electron chi connectivity index (χ4n) is 3.01. The van der Waals surface area contributed by atoms with Crippen LogP contribution in [0.15, 0.2) is 24.3 Å². The molecule has 0 amide bonds. The van der Waals surface area contributed by atoms with Crippen molar-refractivity contribution in [1.82, 2.24) is 0 Å². The molecule has 0 bridgehead atoms. The first-order chi connectivity index (χ1) is 9.09. The molecule has 1 fully saturated rings. The molecular weight excluding hydrogens is 236 g/mol. The van der Waals surface area contributed by atoms with E-state index in [0.717, 1.165) is 12.0 Å². The average Bonchev–Trinajstić information content (AvgIpc) is 2.41. The van der Waals surface area contributed by atoms with E-state index in [-0.39, 0.29) is 11.6 Å². The van der Waals surface area contributed by atoms with Crippen LogP contribution in [-0.2, 0) is 4.79 Å². The van der Waals surface area contributed by atoms with Crippen LogP contribution in [0.1, 0.15) is 54.9 Å². The molecule has 2 atom stereocenters. The molecule has 2 heteroatoms. The van der Waals surface area contributed by atoms with Crippen LogP contribution in [0.25, 0.3) is 0 Å². The first-order valence-electron chi connectivity index (χ1n) is 7.22. The predicted octanol–water partition coefficient (Wildman–Crippen LogP) is 3.96. The molecule has 0 aromatic heterocycles. The molecule has 0 spiro atoms. The van der Waals surface area contributed by atoms with Gasteiger partial charge in [0.15, 0.2) is 0 Å². The Morgan fingerprint density at radius 3 is 2.53 bits per heavy atom. The molecular formula is C17H22O2. The highest BCUT2D eigenvalue weighted by molar-refractivity contribution is 6.44. The van der Waals surface area contributed by atoms with Crippen molar-refractivity contribution in [2.75, 3.05) is 0 Å². The molecule has 2 unspecified atom stereocenters. The van der Waals surface area contributed by atoms with Gasteiger partial charge in [0.25, 0.3) is 0 Å². The van der Waals surface area contributed by atoms with Crippen molar-refractivity contribution in [3.05, 3.63) is 35.4 Å². The molecule has 1 aliphatic rings. The topological polar surface area (TPSA) is 34.1 Å². The van der Waals surface area contributed by atoms with Gasteiger partial charge in [-0.2, -0.15) is 0 Å². The van der Waals surface area contributed by atoms with Crippen molar-refractivity contribution in [3.8, 4) is 0 Å². The third-order valence-corrected chi connectivity index (χ3v) is 4.38. The number of hydrogen-bond acceptors (Lipinski definition) is 2. The molecule has 102 valence electrons. The molecule has 19 heavy (non-hydrogen) atoms. The molecule has 0 N–H and O–H groups in total. The van der Waals surface area contributed by atoms with Gasteiger partial charge < -0.3 is 0 Å². The maximum absolute atomic E-state index is 12.2. The van der Waals surface area contributed by atoms with Gasteiger partial charge in [-0.1, -0.05) is 50.5 Å². The molecule has 1 aliphatic carbocycles. The van der Waals surface area contributed by atoms with Crippen molar-refractivity contribution < 1.29 is 9.59 Å². The molecule has 2 nitrogen and oxygen atoms in total. The number of Topliss-reactive ketones (excluding diaryl/α,β-unsaturated/α-hetero) is 2. The van der Waals surface area contributed by atoms with Crippen molar-refractivity contribution in [1.29, 1.82) is 0 Å². The van der Waals surface area contributed by atoms with E-state index in [1.54, 1.807) is 6.07 Å². The SMILES string of the molecule is Cc1ccccc1C(=O)C(=O)CC1CCCCC1C. The Kier molecular flexibility index (Phi) is 4.52. The highest BCUT2D eigenvalue weighted by Crippen LogP contribution is 2.32. The maximum Gasteiger partial charge on any atom is 0.228 e. The lowest BCUT2D eigenvalue weighted by Crippen LogP contribution is -2.24. The van der Waals surface area contributed by atoms with Crippen LogP contribution in [-0.4, -0.2) is 11.6 Å². The van der Waals surface area contributed by atoms with Crippen LogP contribution < -0.4 is 0 Å². The first-order valence-corrected chi connectivity index (χ1v) is 7.22. The Morgan fingerprint density at radius 1 is 1.16 bits per heavy atom. The Hall–Kier alpha value is -1.44. The number of rotatable bonds is 4. The van der Waals surface area contributed by atoms with Gasteiger partial charge >= 0.3 is 0 Å². The van der Waals surface area contributed by atoms with Gasteiger partial charge in [-0.05, 0) is 30.7 Å². The standard InChI is InChI=1S/C17H22O2/c1-12-7-3-5-9-14(12)11-16(18)17(19)15-10-6-4-8-13(15)2/h4,6,8,10,12,14H,3,5,7,9,11H2,1-2H3. The summed E-state index contributed by atoms with van der Waals surface area (Å²) in [5, 5.41) is 0. The zero-order chi connectivity index (χ0) is 13.8. The normalized spacial score (nSPS) is 23.1. The lowest BCUT2D eigenvalue weighted by atomic mass is 9.77. The lowest BCUT2D eigenvalue weighted by Gasteiger charge is -2.27. The van der Waals surface area contributed by atoms with E-state index in [1.165, 1.54) is 19.3 Å². The quantitative estimate of drug-likeness (QED) is 0.605. The number of carbonyl (C=O) groups excluding carboxylic acids is 2. The van der Waals surface area contributed by atoms with Crippen LogP contribution in [0.4, 0.5) is 0 Å². The molecule has 0 radical (unpaired) electrons. The number of ketones is 2. The maximum atomic E-state index is 12.2. The predicted molar refractivity (Wildman–Crippen MR) is 76.3 cm³/mol. The van der Waals surface area contributed by atoms with Crippen molar-refractivity contribution in [3.63, 3.8) is 0 Å². The summed E-state index contributed by atoms with van der Waals surface area (Å²) in [5.41, 5.74) is 1.45. The number of hydrogen-bond donors (Lipinski definition) is 0. The highest BCUT2D eigenvalue weighted by atomic mass is 16.2. The van der Waals surface area contributed by atoms with Gasteiger partial charge in [0.05, 0.1) is 0 Å². The summed E-state index contributed by atoms with van der Waals surface area (Å²) in [7, 11) is 0. The highest BCUT2D eigenvalue weighted by Gasteiger charge is 2.27. The van der Waals surface area contributed by atoms with Gasteiger partial charge in [0.2, 0.25) is 11.6 Å². The van der Waals surface area contributed by atoms with Gasteiger partial charge in [0, 0.05) is 12.0 Å². The van der Waals surface area contributed by atoms with Crippen LogP contribution >= 0.6 is 0 Å². The second-order valence-electron chi connectivity index (χ2n) is 5.79. The number of aryl methyl sites for hydroxylation is 1. The fraction of sp³-hybridized carbons (Fsp3) is 0.529. The van der Waals surface area contributed by atoms with Gasteiger partial charge in [-0.3, -0.25) is 9.59 Å². The smallest absolute Gasteiger partial charge is 0.228 e. The van der Waals surface area contributed by atoms with E-state index in [2.05, 4.69) is 6.92 Å². The van der Waals surface area contributed by atoms with Gasteiger partial charge in [-0.25, -0.2) is 0 Å². The Morgan fingerprint density at radius 2 is 1.84 bits per heavy atom. The first kappa shape index (κ1) is 14.0. The molecule has 1 saturated carbocycles. The van der Waals surface area contributed by atoms with Crippen LogP contribution in [0.3, 0.4) is 0 Å². The minimum Gasteiger partial charge on any atom is -0.290 e. The number of carbonyl (C=O) groups is 2. The zero-order valence-electron chi connectivity index (χ0n) is 11.8. The van der Waals surface area contributed by atoms with Gasteiger partial charge in [0.1, 0.15) is 0 Å². The van der Waals surface area contributed by atoms with Gasteiger partial charge in [-0.15, -0.1) is 0 Å². The summed E-state index contributed by atoms with van der Waals surface area (Å²) in [5.74, 6) is 0.445. The molecule has 0 aliphatic heterocycles. The van der Waals surface area contributed by atoms with Crippen molar-refractivity contribution >= 4 is 11.6 Å². The minimum absolute atomic E-state index is 0.215. The van der Waals surface area contributed by atoms with Crippen LogP contribution in [0.5, 0.6) is 0 Å².